The minimum absolute atomic E-state index is 0.142. The van der Waals surface area contributed by atoms with Crippen LogP contribution in [0.4, 0.5) is 17.2 Å². The van der Waals surface area contributed by atoms with Gasteiger partial charge in [0.1, 0.15) is 15.5 Å². The van der Waals surface area contributed by atoms with Crippen LogP contribution in [0.15, 0.2) is 36.4 Å². The third-order valence-electron chi connectivity index (χ3n) is 5.35. The number of anilines is 3. The summed E-state index contributed by atoms with van der Waals surface area (Å²) in [4.78, 5) is 21.0. The number of aromatic nitrogens is 1. The lowest BCUT2D eigenvalue weighted by molar-refractivity contribution is 0.0959. The lowest BCUT2D eigenvalue weighted by Gasteiger charge is -2.29. The maximum atomic E-state index is 12.7. The minimum Gasteiger partial charge on any atom is -0.397 e. The number of fused-ring (bicyclic) bond motifs is 1. The van der Waals surface area contributed by atoms with Crippen LogP contribution in [-0.4, -0.2) is 49.7 Å². The number of hydrogen-bond donors (Lipinski definition) is 4. The first kappa shape index (κ1) is 21.4. The predicted octanol–water partition coefficient (Wildman–Crippen LogP) is 3.08. The Morgan fingerprint density at radius 1 is 1.19 bits per heavy atom. The molecule has 0 aliphatic carbocycles. The summed E-state index contributed by atoms with van der Waals surface area (Å²) in [6.45, 7) is 8.82. The van der Waals surface area contributed by atoms with E-state index in [9.17, 15) is 4.79 Å². The van der Waals surface area contributed by atoms with Gasteiger partial charge in [0.2, 0.25) is 0 Å². The number of rotatable bonds is 7. The molecule has 5 N–H and O–H groups in total. The molecule has 1 aliphatic rings. The molecule has 1 amide bonds. The molecule has 1 aliphatic heterocycles. The van der Waals surface area contributed by atoms with E-state index in [2.05, 4.69) is 63.9 Å². The first-order chi connectivity index (χ1) is 15.0. The number of benzene rings is 1. The zero-order valence-corrected chi connectivity index (χ0v) is 18.9. The van der Waals surface area contributed by atoms with Crippen molar-refractivity contribution in [3.63, 3.8) is 0 Å². The van der Waals surface area contributed by atoms with Crippen molar-refractivity contribution < 1.29 is 4.79 Å². The number of pyridine rings is 1. The average Bonchev–Trinajstić information content (AvgIpc) is 3.10. The molecule has 7 nitrogen and oxygen atoms in total. The molecule has 164 valence electrons. The van der Waals surface area contributed by atoms with Gasteiger partial charge in [0.05, 0.1) is 5.69 Å². The Bertz CT molecular complexity index is 1040. The summed E-state index contributed by atoms with van der Waals surface area (Å²) in [5.41, 5.74) is 9.20. The smallest absolute Gasteiger partial charge is 0.263 e. The molecule has 3 aromatic rings. The van der Waals surface area contributed by atoms with E-state index in [0.717, 1.165) is 48.6 Å². The van der Waals surface area contributed by atoms with E-state index in [1.807, 2.05) is 12.1 Å². The zero-order valence-electron chi connectivity index (χ0n) is 18.1. The standard InChI is InChI=1S/C23H30N6OS/c1-15(2)27-19-8-7-18-20(24)21(31-23(18)28-19)22(30)26-10-9-16-3-5-17(6-4-16)29-13-11-25-12-14-29/h3-8,15,25H,9-14,24H2,1-2H3,(H,26,30)(H,27,28). The summed E-state index contributed by atoms with van der Waals surface area (Å²) >= 11 is 1.34. The normalized spacial score (nSPS) is 14.2. The average molecular weight is 439 g/mol. The highest BCUT2D eigenvalue weighted by molar-refractivity contribution is 7.21. The molecule has 0 saturated carbocycles. The van der Waals surface area contributed by atoms with Crippen LogP contribution in [0.1, 0.15) is 29.1 Å². The topological polar surface area (TPSA) is 95.3 Å². The number of piperazine rings is 1. The van der Waals surface area contributed by atoms with Crippen molar-refractivity contribution >= 4 is 44.7 Å². The quantitative estimate of drug-likeness (QED) is 0.453. The fourth-order valence-corrected chi connectivity index (χ4v) is 4.75. The number of hydrogen-bond acceptors (Lipinski definition) is 7. The van der Waals surface area contributed by atoms with Crippen LogP contribution in [0.3, 0.4) is 0 Å². The van der Waals surface area contributed by atoms with E-state index in [4.69, 9.17) is 5.73 Å². The van der Waals surface area contributed by atoms with E-state index in [0.29, 0.717) is 17.1 Å². The summed E-state index contributed by atoms with van der Waals surface area (Å²) < 4.78 is 0. The van der Waals surface area contributed by atoms with Gasteiger partial charge in [0, 0.05) is 49.8 Å². The molecule has 0 radical (unpaired) electrons. The van der Waals surface area contributed by atoms with Gasteiger partial charge in [-0.05, 0) is 50.1 Å². The number of carbonyl (C=O) groups is 1. The second-order valence-corrected chi connectivity index (χ2v) is 9.10. The van der Waals surface area contributed by atoms with Crippen molar-refractivity contribution in [2.45, 2.75) is 26.3 Å². The Kier molecular flexibility index (Phi) is 6.58. The Balaban J connectivity index is 1.35. The van der Waals surface area contributed by atoms with E-state index >= 15 is 0 Å². The first-order valence-corrected chi connectivity index (χ1v) is 11.6. The van der Waals surface area contributed by atoms with Crippen LogP contribution in [-0.2, 0) is 6.42 Å². The number of thiophene rings is 1. The summed E-state index contributed by atoms with van der Waals surface area (Å²) in [5.74, 6) is 0.649. The largest absolute Gasteiger partial charge is 0.397 e. The number of nitrogens with two attached hydrogens (primary N) is 1. The number of nitrogens with zero attached hydrogens (tertiary/aromatic N) is 2. The molecular weight excluding hydrogens is 408 g/mol. The van der Waals surface area contributed by atoms with Crippen LogP contribution < -0.4 is 26.6 Å². The first-order valence-electron chi connectivity index (χ1n) is 10.8. The Morgan fingerprint density at radius 2 is 1.94 bits per heavy atom. The van der Waals surface area contributed by atoms with Crippen LogP contribution in [0.5, 0.6) is 0 Å². The molecule has 31 heavy (non-hydrogen) atoms. The zero-order chi connectivity index (χ0) is 21.8. The van der Waals surface area contributed by atoms with Crippen LogP contribution in [0.2, 0.25) is 0 Å². The SMILES string of the molecule is CC(C)Nc1ccc2c(N)c(C(=O)NCCc3ccc(N4CCNCC4)cc3)sc2n1. The van der Waals surface area contributed by atoms with E-state index in [1.54, 1.807) is 0 Å². The van der Waals surface area contributed by atoms with Crippen LogP contribution >= 0.6 is 11.3 Å². The van der Waals surface area contributed by atoms with Gasteiger partial charge in [-0.2, -0.15) is 0 Å². The summed E-state index contributed by atoms with van der Waals surface area (Å²) in [5, 5.41) is 10.5. The molecule has 1 saturated heterocycles. The Hall–Kier alpha value is -2.84. The maximum absolute atomic E-state index is 12.7. The fourth-order valence-electron chi connectivity index (χ4n) is 3.74. The molecular formula is C23H30N6OS. The van der Waals surface area contributed by atoms with E-state index < -0.39 is 0 Å². The molecule has 0 bridgehead atoms. The van der Waals surface area contributed by atoms with E-state index in [1.165, 1.54) is 22.6 Å². The second kappa shape index (κ2) is 9.53. The van der Waals surface area contributed by atoms with Gasteiger partial charge >= 0.3 is 0 Å². The molecule has 0 spiro atoms. The van der Waals surface area contributed by atoms with Gasteiger partial charge in [0.25, 0.3) is 5.91 Å². The third kappa shape index (κ3) is 5.08. The Morgan fingerprint density at radius 3 is 2.65 bits per heavy atom. The van der Waals surface area contributed by atoms with Crippen molar-refractivity contribution in [2.24, 2.45) is 0 Å². The molecule has 1 aromatic carbocycles. The second-order valence-electron chi connectivity index (χ2n) is 8.10. The highest BCUT2D eigenvalue weighted by Gasteiger charge is 2.17. The summed E-state index contributed by atoms with van der Waals surface area (Å²) in [7, 11) is 0. The van der Waals surface area contributed by atoms with Gasteiger partial charge in [-0.1, -0.05) is 12.1 Å². The van der Waals surface area contributed by atoms with Gasteiger partial charge in [-0.15, -0.1) is 11.3 Å². The lowest BCUT2D eigenvalue weighted by Crippen LogP contribution is -2.43. The van der Waals surface area contributed by atoms with Gasteiger partial charge in [-0.25, -0.2) is 4.98 Å². The third-order valence-corrected chi connectivity index (χ3v) is 6.47. The monoisotopic (exact) mass is 438 g/mol. The van der Waals surface area contributed by atoms with Crippen LogP contribution in [0.25, 0.3) is 10.2 Å². The molecule has 4 rings (SSSR count). The molecule has 8 heteroatoms. The number of carbonyl (C=O) groups excluding carboxylic acids is 1. The molecule has 2 aromatic heterocycles. The van der Waals surface area contributed by atoms with Crippen molar-refractivity contribution in [1.82, 2.24) is 15.6 Å². The van der Waals surface area contributed by atoms with Gasteiger partial charge in [-0.3, -0.25) is 4.79 Å². The Labute approximate surface area is 187 Å². The van der Waals surface area contributed by atoms with Crippen LogP contribution in [0, 0.1) is 0 Å². The molecule has 1 fully saturated rings. The number of amides is 1. The van der Waals surface area contributed by atoms with Crippen molar-refractivity contribution in [3.8, 4) is 0 Å². The van der Waals surface area contributed by atoms with Crippen molar-refractivity contribution in [3.05, 3.63) is 46.8 Å². The van der Waals surface area contributed by atoms with Gasteiger partial charge in [0.15, 0.2) is 0 Å². The molecule has 0 atom stereocenters. The van der Waals surface area contributed by atoms with Gasteiger partial charge < -0.3 is 26.6 Å². The highest BCUT2D eigenvalue weighted by atomic mass is 32.1. The van der Waals surface area contributed by atoms with Crippen molar-refractivity contribution in [1.29, 1.82) is 0 Å². The predicted molar refractivity (Wildman–Crippen MR) is 130 cm³/mol. The minimum atomic E-state index is -0.142. The van der Waals surface area contributed by atoms with E-state index in [-0.39, 0.29) is 11.9 Å². The summed E-state index contributed by atoms with van der Waals surface area (Å²) in [6, 6.07) is 12.7. The maximum Gasteiger partial charge on any atom is 0.263 e. The number of nitrogen functional groups attached to an aromatic ring is 1. The lowest BCUT2D eigenvalue weighted by atomic mass is 10.1. The molecule has 0 unspecified atom stereocenters. The highest BCUT2D eigenvalue weighted by Crippen LogP contribution is 2.33. The fraction of sp³-hybridized carbons (Fsp3) is 0.391. The summed E-state index contributed by atoms with van der Waals surface area (Å²) in [6.07, 6.45) is 0.777. The molecule has 3 heterocycles. The number of nitrogens with one attached hydrogen (secondary N) is 3. The van der Waals surface area contributed by atoms with Crippen molar-refractivity contribution in [2.75, 3.05) is 48.7 Å².